The van der Waals surface area contributed by atoms with Crippen molar-refractivity contribution in [2.24, 2.45) is 5.92 Å². The van der Waals surface area contributed by atoms with Gasteiger partial charge in [-0.25, -0.2) is 13.1 Å². The highest BCUT2D eigenvalue weighted by molar-refractivity contribution is 7.89. The van der Waals surface area contributed by atoms with E-state index in [1.165, 1.54) is 0 Å². The summed E-state index contributed by atoms with van der Waals surface area (Å²) in [6.07, 6.45) is 1.13. The number of benzene rings is 1. The van der Waals surface area contributed by atoms with Crippen LogP contribution in [0.15, 0.2) is 23.1 Å². The fraction of sp³-hybridized carbons (Fsp3) is 0.538. The van der Waals surface area contributed by atoms with Crippen LogP contribution in [0.4, 0.5) is 0 Å². The number of sulfonamides is 1. The smallest absolute Gasteiger partial charge is 0.240 e. The third-order valence-corrected chi connectivity index (χ3v) is 4.97. The highest BCUT2D eigenvalue weighted by Gasteiger charge is 2.28. The lowest BCUT2D eigenvalue weighted by molar-refractivity contribution is 0.0453. The van der Waals surface area contributed by atoms with Gasteiger partial charge < -0.3 is 5.11 Å². The average molecular weight is 269 g/mol. The van der Waals surface area contributed by atoms with Gasteiger partial charge in [-0.1, -0.05) is 12.1 Å². The molecule has 0 aromatic heterocycles. The Labute approximate surface area is 108 Å². The molecule has 0 atom stereocenters. The molecule has 0 spiro atoms. The minimum atomic E-state index is -3.43. The van der Waals surface area contributed by atoms with Gasteiger partial charge in [-0.3, -0.25) is 0 Å². The third-order valence-electron chi connectivity index (χ3n) is 3.41. The molecule has 5 heteroatoms. The first-order valence-electron chi connectivity index (χ1n) is 6.13. The van der Waals surface area contributed by atoms with Gasteiger partial charge in [0.15, 0.2) is 0 Å². The van der Waals surface area contributed by atoms with Gasteiger partial charge in [0.05, 0.1) is 11.0 Å². The predicted molar refractivity (Wildman–Crippen MR) is 69.8 cm³/mol. The van der Waals surface area contributed by atoms with Gasteiger partial charge >= 0.3 is 0 Å². The van der Waals surface area contributed by atoms with E-state index in [9.17, 15) is 8.42 Å². The largest absolute Gasteiger partial charge is 0.393 e. The fourth-order valence-corrected chi connectivity index (χ4v) is 3.61. The molecule has 1 aromatic rings. The van der Waals surface area contributed by atoms with Gasteiger partial charge in [-0.05, 0) is 49.8 Å². The SMILES string of the molecule is Cc1ccc(C)c(S(=O)(=O)NCC2CC(O)C2)c1. The van der Waals surface area contributed by atoms with Crippen molar-refractivity contribution in [3.63, 3.8) is 0 Å². The van der Waals surface area contributed by atoms with Crippen LogP contribution in [-0.2, 0) is 10.0 Å². The van der Waals surface area contributed by atoms with Crippen molar-refractivity contribution in [2.75, 3.05) is 6.54 Å². The van der Waals surface area contributed by atoms with E-state index in [1.807, 2.05) is 19.1 Å². The Morgan fingerprint density at radius 3 is 2.61 bits per heavy atom. The van der Waals surface area contributed by atoms with Crippen LogP contribution in [-0.4, -0.2) is 26.2 Å². The molecule has 0 heterocycles. The number of aryl methyl sites for hydroxylation is 2. The maximum atomic E-state index is 12.2. The monoisotopic (exact) mass is 269 g/mol. The van der Waals surface area contributed by atoms with E-state index in [4.69, 9.17) is 5.11 Å². The molecule has 0 aliphatic heterocycles. The van der Waals surface area contributed by atoms with Crippen LogP contribution in [0.25, 0.3) is 0 Å². The maximum Gasteiger partial charge on any atom is 0.240 e. The summed E-state index contributed by atoms with van der Waals surface area (Å²) in [6, 6.07) is 5.40. The summed E-state index contributed by atoms with van der Waals surface area (Å²) in [4.78, 5) is 0.349. The summed E-state index contributed by atoms with van der Waals surface area (Å²) < 4.78 is 26.9. The molecule has 18 heavy (non-hydrogen) atoms. The Morgan fingerprint density at radius 2 is 2.00 bits per heavy atom. The quantitative estimate of drug-likeness (QED) is 0.867. The lowest BCUT2D eigenvalue weighted by Gasteiger charge is -2.31. The van der Waals surface area contributed by atoms with Crippen LogP contribution >= 0.6 is 0 Å². The zero-order valence-electron chi connectivity index (χ0n) is 10.7. The van der Waals surface area contributed by atoms with E-state index in [0.717, 1.165) is 11.1 Å². The van der Waals surface area contributed by atoms with E-state index >= 15 is 0 Å². The van der Waals surface area contributed by atoms with E-state index in [0.29, 0.717) is 24.3 Å². The zero-order chi connectivity index (χ0) is 13.3. The molecule has 2 N–H and O–H groups in total. The Bertz CT molecular complexity index is 533. The molecule has 1 saturated carbocycles. The van der Waals surface area contributed by atoms with E-state index < -0.39 is 10.0 Å². The van der Waals surface area contributed by atoms with Crippen molar-refractivity contribution in [1.82, 2.24) is 4.72 Å². The van der Waals surface area contributed by atoms with Crippen molar-refractivity contribution >= 4 is 10.0 Å². The van der Waals surface area contributed by atoms with Crippen molar-refractivity contribution in [2.45, 2.75) is 37.7 Å². The van der Waals surface area contributed by atoms with E-state index in [2.05, 4.69) is 4.72 Å². The highest BCUT2D eigenvalue weighted by atomic mass is 32.2. The second kappa shape index (κ2) is 4.99. The van der Waals surface area contributed by atoms with Gasteiger partial charge in [-0.15, -0.1) is 0 Å². The zero-order valence-corrected chi connectivity index (χ0v) is 11.5. The molecule has 0 amide bonds. The van der Waals surface area contributed by atoms with Crippen molar-refractivity contribution < 1.29 is 13.5 Å². The summed E-state index contributed by atoms with van der Waals surface area (Å²) in [6.45, 7) is 4.08. The van der Waals surface area contributed by atoms with Crippen molar-refractivity contribution in [1.29, 1.82) is 0 Å². The number of rotatable bonds is 4. The molecule has 4 nitrogen and oxygen atoms in total. The topological polar surface area (TPSA) is 66.4 Å². The molecule has 0 radical (unpaired) electrons. The number of aliphatic hydroxyl groups excluding tert-OH is 1. The van der Waals surface area contributed by atoms with Gasteiger partial charge in [0.25, 0.3) is 0 Å². The summed E-state index contributed by atoms with van der Waals surface area (Å²) in [7, 11) is -3.43. The maximum absolute atomic E-state index is 12.2. The minimum Gasteiger partial charge on any atom is -0.393 e. The molecule has 2 rings (SSSR count). The Balaban J connectivity index is 2.08. The Kier molecular flexibility index (Phi) is 3.75. The number of hydrogen-bond donors (Lipinski definition) is 2. The summed E-state index contributed by atoms with van der Waals surface area (Å²) in [5.74, 6) is 0.264. The normalized spacial score (nSPS) is 23.7. The lowest BCUT2D eigenvalue weighted by atomic mass is 9.83. The van der Waals surface area contributed by atoms with Gasteiger partial charge in [0.1, 0.15) is 0 Å². The standard InChI is InChI=1S/C13H19NO3S/c1-9-3-4-10(2)13(5-9)18(16,17)14-8-11-6-12(15)7-11/h3-5,11-12,14-15H,6-8H2,1-2H3. The van der Waals surface area contributed by atoms with Crippen molar-refractivity contribution in [3.8, 4) is 0 Å². The molecule has 0 unspecified atom stereocenters. The molecule has 0 bridgehead atoms. The van der Waals surface area contributed by atoms with Crippen LogP contribution in [0, 0.1) is 19.8 Å². The summed E-state index contributed by atoms with van der Waals surface area (Å²) >= 11 is 0. The van der Waals surface area contributed by atoms with E-state index in [1.54, 1.807) is 13.0 Å². The molecule has 0 saturated heterocycles. The number of nitrogens with one attached hydrogen (secondary N) is 1. The molecule has 1 fully saturated rings. The Hall–Kier alpha value is -0.910. The predicted octanol–water partition coefficient (Wildman–Crippen LogP) is 1.35. The summed E-state index contributed by atoms with van der Waals surface area (Å²) in [5.41, 5.74) is 1.68. The van der Waals surface area contributed by atoms with Crippen LogP contribution in [0.5, 0.6) is 0 Å². The van der Waals surface area contributed by atoms with Crippen LogP contribution < -0.4 is 4.72 Å². The molecular weight excluding hydrogens is 250 g/mol. The van der Waals surface area contributed by atoms with Crippen LogP contribution in [0.1, 0.15) is 24.0 Å². The Morgan fingerprint density at radius 1 is 1.33 bits per heavy atom. The van der Waals surface area contributed by atoms with Gasteiger partial charge in [-0.2, -0.15) is 0 Å². The second-order valence-electron chi connectivity index (χ2n) is 5.11. The second-order valence-corrected chi connectivity index (χ2v) is 6.85. The molecule has 1 aliphatic rings. The van der Waals surface area contributed by atoms with Crippen LogP contribution in [0.2, 0.25) is 0 Å². The van der Waals surface area contributed by atoms with E-state index in [-0.39, 0.29) is 12.0 Å². The molecule has 100 valence electrons. The minimum absolute atomic E-state index is 0.250. The molecule has 1 aliphatic carbocycles. The first-order chi connectivity index (χ1) is 8.38. The third kappa shape index (κ3) is 2.91. The summed E-state index contributed by atoms with van der Waals surface area (Å²) in [5, 5.41) is 9.17. The average Bonchev–Trinajstić information content (AvgIpc) is 2.26. The first-order valence-corrected chi connectivity index (χ1v) is 7.62. The first kappa shape index (κ1) is 13.5. The van der Waals surface area contributed by atoms with Gasteiger partial charge in [0, 0.05) is 6.54 Å². The van der Waals surface area contributed by atoms with Crippen molar-refractivity contribution in [3.05, 3.63) is 29.3 Å². The van der Waals surface area contributed by atoms with Gasteiger partial charge in [0.2, 0.25) is 10.0 Å². The molecule has 1 aromatic carbocycles. The number of hydrogen-bond acceptors (Lipinski definition) is 3. The highest BCUT2D eigenvalue weighted by Crippen LogP contribution is 2.27. The van der Waals surface area contributed by atoms with Crippen LogP contribution in [0.3, 0.4) is 0 Å². The fourth-order valence-electron chi connectivity index (χ4n) is 2.17. The molecular formula is C13H19NO3S. The lowest BCUT2D eigenvalue weighted by Crippen LogP contribution is -2.38. The number of aliphatic hydroxyl groups is 1.